The highest BCUT2D eigenvalue weighted by Gasteiger charge is 2.36. The van der Waals surface area contributed by atoms with Crippen LogP contribution in [0.5, 0.6) is 0 Å². The zero-order valence-electron chi connectivity index (χ0n) is 15.4. The average Bonchev–Trinajstić information content (AvgIpc) is 3.07. The molecule has 1 aromatic heterocycles. The Hall–Kier alpha value is -2.20. The number of nitrogens with zero attached hydrogens (tertiary/aromatic N) is 3. The molecule has 2 aromatic rings. The van der Waals surface area contributed by atoms with Gasteiger partial charge in [-0.3, -0.25) is 9.78 Å². The van der Waals surface area contributed by atoms with Crippen LogP contribution in [0.1, 0.15) is 29.0 Å². The first-order valence-corrected chi connectivity index (χ1v) is 8.94. The molecule has 4 heteroatoms. The van der Waals surface area contributed by atoms with E-state index in [9.17, 15) is 4.79 Å². The second kappa shape index (κ2) is 7.79. The van der Waals surface area contributed by atoms with Crippen molar-refractivity contribution in [1.82, 2.24) is 14.8 Å². The van der Waals surface area contributed by atoms with Gasteiger partial charge in [-0.2, -0.15) is 0 Å². The standard InChI is InChI=1S/C21H27N3O/c1-16-6-9-18(10-7-16)19-14-24(15-20(19)23(2)3)21(25)11-8-17-5-4-12-22-13-17/h4-7,9-10,12-13,19-20H,8,11,14-15H2,1-3H3/t19-,20+/m0/s1. The summed E-state index contributed by atoms with van der Waals surface area (Å²) in [6.07, 6.45) is 4.91. The van der Waals surface area contributed by atoms with Gasteiger partial charge in [0.05, 0.1) is 0 Å². The molecule has 1 amide bonds. The first-order valence-electron chi connectivity index (χ1n) is 8.94. The molecule has 2 atom stereocenters. The normalized spacial score (nSPS) is 20.2. The Balaban J connectivity index is 1.66. The molecule has 1 aromatic carbocycles. The van der Waals surface area contributed by atoms with Gasteiger partial charge in [-0.25, -0.2) is 0 Å². The quantitative estimate of drug-likeness (QED) is 0.842. The number of hydrogen-bond donors (Lipinski definition) is 0. The lowest BCUT2D eigenvalue weighted by Gasteiger charge is -2.25. The van der Waals surface area contributed by atoms with Crippen LogP contribution < -0.4 is 0 Å². The van der Waals surface area contributed by atoms with Gasteiger partial charge in [0, 0.05) is 43.9 Å². The van der Waals surface area contributed by atoms with Gasteiger partial charge in [0.25, 0.3) is 0 Å². The number of rotatable bonds is 5. The van der Waals surface area contributed by atoms with Crippen LogP contribution in [-0.4, -0.2) is 53.9 Å². The summed E-state index contributed by atoms with van der Waals surface area (Å²) in [5, 5.41) is 0. The Bertz CT molecular complexity index is 697. The zero-order chi connectivity index (χ0) is 17.8. The molecule has 1 fully saturated rings. The first kappa shape index (κ1) is 17.6. The Kier molecular flexibility index (Phi) is 5.49. The van der Waals surface area contributed by atoms with Crippen LogP contribution in [0.15, 0.2) is 48.8 Å². The van der Waals surface area contributed by atoms with Crippen molar-refractivity contribution in [1.29, 1.82) is 0 Å². The number of aromatic nitrogens is 1. The smallest absolute Gasteiger partial charge is 0.222 e. The molecular formula is C21H27N3O. The van der Waals surface area contributed by atoms with E-state index in [4.69, 9.17) is 0 Å². The number of pyridine rings is 1. The van der Waals surface area contributed by atoms with Crippen LogP contribution in [0, 0.1) is 6.92 Å². The van der Waals surface area contributed by atoms with Crippen LogP contribution in [0.3, 0.4) is 0 Å². The zero-order valence-corrected chi connectivity index (χ0v) is 15.4. The molecule has 25 heavy (non-hydrogen) atoms. The SMILES string of the molecule is Cc1ccc([C@@H]2CN(C(=O)CCc3cccnc3)C[C@H]2N(C)C)cc1. The summed E-state index contributed by atoms with van der Waals surface area (Å²) in [6.45, 7) is 3.71. The van der Waals surface area contributed by atoms with Crippen molar-refractivity contribution >= 4 is 5.91 Å². The van der Waals surface area contributed by atoms with E-state index in [1.165, 1.54) is 11.1 Å². The van der Waals surface area contributed by atoms with Gasteiger partial charge in [-0.05, 0) is 44.6 Å². The lowest BCUT2D eigenvalue weighted by Crippen LogP contribution is -2.35. The topological polar surface area (TPSA) is 36.4 Å². The van der Waals surface area contributed by atoms with Crippen LogP contribution in [0.2, 0.25) is 0 Å². The van der Waals surface area contributed by atoms with Gasteiger partial charge in [0.2, 0.25) is 5.91 Å². The summed E-state index contributed by atoms with van der Waals surface area (Å²) in [5.41, 5.74) is 3.72. The van der Waals surface area contributed by atoms with Crippen molar-refractivity contribution in [3.8, 4) is 0 Å². The number of likely N-dealkylation sites (N-methyl/N-ethyl adjacent to an activating group) is 1. The molecule has 0 N–H and O–H groups in total. The molecule has 4 nitrogen and oxygen atoms in total. The van der Waals surface area contributed by atoms with Crippen molar-refractivity contribution in [2.75, 3.05) is 27.2 Å². The van der Waals surface area contributed by atoms with Crippen LogP contribution in [-0.2, 0) is 11.2 Å². The molecule has 0 aliphatic carbocycles. The van der Waals surface area contributed by atoms with E-state index < -0.39 is 0 Å². The summed E-state index contributed by atoms with van der Waals surface area (Å²) in [5.74, 6) is 0.614. The van der Waals surface area contributed by atoms with Gasteiger partial charge < -0.3 is 9.80 Å². The first-order chi connectivity index (χ1) is 12.0. The number of carbonyl (C=O) groups excluding carboxylic acids is 1. The molecule has 3 rings (SSSR count). The summed E-state index contributed by atoms with van der Waals surface area (Å²) in [7, 11) is 4.21. The lowest BCUT2D eigenvalue weighted by molar-refractivity contribution is -0.130. The third-order valence-corrected chi connectivity index (χ3v) is 5.16. The maximum atomic E-state index is 12.7. The van der Waals surface area contributed by atoms with Crippen LogP contribution in [0.4, 0.5) is 0 Å². The highest BCUT2D eigenvalue weighted by Crippen LogP contribution is 2.31. The fourth-order valence-corrected chi connectivity index (χ4v) is 3.61. The highest BCUT2D eigenvalue weighted by atomic mass is 16.2. The number of hydrogen-bond acceptors (Lipinski definition) is 3. The summed E-state index contributed by atoms with van der Waals surface area (Å²) >= 11 is 0. The van der Waals surface area contributed by atoms with E-state index in [-0.39, 0.29) is 5.91 Å². The molecule has 0 bridgehead atoms. The Morgan fingerprint density at radius 3 is 2.60 bits per heavy atom. The van der Waals surface area contributed by atoms with Crippen molar-refractivity contribution < 1.29 is 4.79 Å². The fraction of sp³-hybridized carbons (Fsp3) is 0.429. The van der Waals surface area contributed by atoms with Gasteiger partial charge in [-0.1, -0.05) is 35.9 Å². The van der Waals surface area contributed by atoms with Crippen molar-refractivity contribution in [2.45, 2.75) is 31.7 Å². The van der Waals surface area contributed by atoms with Crippen molar-refractivity contribution in [3.05, 3.63) is 65.5 Å². The van der Waals surface area contributed by atoms with E-state index >= 15 is 0 Å². The van der Waals surface area contributed by atoms with Gasteiger partial charge in [-0.15, -0.1) is 0 Å². The van der Waals surface area contributed by atoms with E-state index in [1.807, 2.05) is 23.2 Å². The second-order valence-electron chi connectivity index (χ2n) is 7.21. The van der Waals surface area contributed by atoms with E-state index in [2.05, 4.69) is 55.2 Å². The second-order valence-corrected chi connectivity index (χ2v) is 7.21. The minimum Gasteiger partial charge on any atom is -0.340 e. The molecule has 0 unspecified atom stereocenters. The molecule has 1 saturated heterocycles. The van der Waals surface area contributed by atoms with E-state index in [0.717, 1.165) is 25.1 Å². The molecule has 132 valence electrons. The summed E-state index contributed by atoms with van der Waals surface area (Å²) < 4.78 is 0. The average molecular weight is 337 g/mol. The Morgan fingerprint density at radius 2 is 1.96 bits per heavy atom. The van der Waals surface area contributed by atoms with E-state index in [0.29, 0.717) is 18.4 Å². The lowest BCUT2D eigenvalue weighted by atomic mass is 9.93. The number of carbonyl (C=O) groups is 1. The Morgan fingerprint density at radius 1 is 1.20 bits per heavy atom. The van der Waals surface area contributed by atoms with Crippen LogP contribution in [0.25, 0.3) is 0 Å². The number of likely N-dealkylation sites (tertiary alicyclic amines) is 1. The predicted molar refractivity (Wildman–Crippen MR) is 101 cm³/mol. The number of benzene rings is 1. The van der Waals surface area contributed by atoms with Crippen LogP contribution >= 0.6 is 0 Å². The minimum atomic E-state index is 0.241. The number of aryl methyl sites for hydroxylation is 2. The molecule has 1 aliphatic rings. The highest BCUT2D eigenvalue weighted by molar-refractivity contribution is 5.77. The molecule has 0 saturated carbocycles. The number of amides is 1. The third-order valence-electron chi connectivity index (χ3n) is 5.16. The Labute approximate surface area is 150 Å². The van der Waals surface area contributed by atoms with Gasteiger partial charge >= 0.3 is 0 Å². The summed E-state index contributed by atoms with van der Waals surface area (Å²) in [6, 6.07) is 13.1. The van der Waals surface area contributed by atoms with E-state index in [1.54, 1.807) is 6.20 Å². The molecule has 0 spiro atoms. The molecule has 1 aliphatic heterocycles. The fourth-order valence-electron chi connectivity index (χ4n) is 3.61. The van der Waals surface area contributed by atoms with Crippen molar-refractivity contribution in [2.24, 2.45) is 0 Å². The predicted octanol–water partition coefficient (Wildman–Crippen LogP) is 2.88. The van der Waals surface area contributed by atoms with Crippen molar-refractivity contribution in [3.63, 3.8) is 0 Å². The summed E-state index contributed by atoms with van der Waals surface area (Å²) in [4.78, 5) is 21.1. The maximum absolute atomic E-state index is 12.7. The molecule has 2 heterocycles. The van der Waals surface area contributed by atoms with Gasteiger partial charge in [0.1, 0.15) is 0 Å². The molecule has 0 radical (unpaired) electrons. The van der Waals surface area contributed by atoms with Gasteiger partial charge in [0.15, 0.2) is 0 Å². The third kappa shape index (κ3) is 4.26. The maximum Gasteiger partial charge on any atom is 0.222 e. The largest absolute Gasteiger partial charge is 0.340 e. The molecular weight excluding hydrogens is 310 g/mol. The monoisotopic (exact) mass is 337 g/mol. The minimum absolute atomic E-state index is 0.241.